The fourth-order valence-electron chi connectivity index (χ4n) is 3.89. The molecular weight excluding hydrogens is 536 g/mol. The van der Waals surface area contributed by atoms with E-state index in [9.17, 15) is 14.7 Å². The summed E-state index contributed by atoms with van der Waals surface area (Å²) < 4.78 is 18.8. The maximum absolute atomic E-state index is 13.7. The number of phenols is 1. The normalized spacial score (nSPS) is 15.5. The lowest BCUT2D eigenvalue weighted by atomic mass is 9.95. The van der Waals surface area contributed by atoms with Crippen LogP contribution in [0.25, 0.3) is 6.08 Å². The molecule has 0 unspecified atom stereocenters. The second-order valence-corrected chi connectivity index (χ2v) is 9.49. The van der Waals surface area contributed by atoms with Crippen molar-refractivity contribution in [1.82, 2.24) is 4.57 Å². The molecule has 1 aromatic heterocycles. The van der Waals surface area contributed by atoms with Crippen LogP contribution >= 0.6 is 27.3 Å². The third-order valence-electron chi connectivity index (χ3n) is 5.51. The van der Waals surface area contributed by atoms with Crippen molar-refractivity contribution in [2.24, 2.45) is 4.99 Å². The molecule has 10 heteroatoms. The zero-order valence-electron chi connectivity index (χ0n) is 19.5. The molecule has 0 saturated carbocycles. The number of esters is 1. The van der Waals surface area contributed by atoms with E-state index >= 15 is 0 Å². The molecule has 0 saturated heterocycles. The summed E-state index contributed by atoms with van der Waals surface area (Å²) in [7, 11) is 3.05. The van der Waals surface area contributed by atoms with Crippen LogP contribution in [0.4, 0.5) is 0 Å². The number of benzene rings is 2. The number of hydrogen-bond donors (Lipinski definition) is 1. The highest BCUT2D eigenvalue weighted by Gasteiger charge is 2.35. The second-order valence-electron chi connectivity index (χ2n) is 7.62. The Morgan fingerprint density at radius 3 is 2.49 bits per heavy atom. The van der Waals surface area contributed by atoms with E-state index in [0.717, 1.165) is 5.56 Å². The van der Waals surface area contributed by atoms with Gasteiger partial charge in [-0.05, 0) is 55.3 Å². The molecule has 2 aromatic carbocycles. The largest absolute Gasteiger partial charge is 0.508 e. The SMILES string of the molecule is CCOC(=O)C1=C(C)N=c2s/c(=C/c3ccc(O)cc3)c(=O)n2[C@H]1c1cc(OC)c(OC)cc1Br. The van der Waals surface area contributed by atoms with E-state index < -0.39 is 12.0 Å². The van der Waals surface area contributed by atoms with Gasteiger partial charge in [-0.2, -0.15) is 0 Å². The molecule has 0 bridgehead atoms. The molecule has 1 N–H and O–H groups in total. The van der Waals surface area contributed by atoms with Gasteiger partial charge in [-0.3, -0.25) is 9.36 Å². The van der Waals surface area contributed by atoms with Crippen LogP contribution in [-0.2, 0) is 9.53 Å². The van der Waals surface area contributed by atoms with Gasteiger partial charge in [0.1, 0.15) is 5.75 Å². The van der Waals surface area contributed by atoms with Crippen LogP contribution in [0, 0.1) is 0 Å². The van der Waals surface area contributed by atoms with Crippen molar-refractivity contribution in [2.75, 3.05) is 20.8 Å². The first-order chi connectivity index (χ1) is 16.8. The number of nitrogens with zero attached hydrogens (tertiary/aromatic N) is 2. The van der Waals surface area contributed by atoms with E-state index in [4.69, 9.17) is 14.2 Å². The molecule has 1 aliphatic heterocycles. The lowest BCUT2D eigenvalue weighted by molar-refractivity contribution is -0.139. The first-order valence-electron chi connectivity index (χ1n) is 10.7. The van der Waals surface area contributed by atoms with Gasteiger partial charge < -0.3 is 19.3 Å². The Balaban J connectivity index is 2.01. The number of allylic oxidation sites excluding steroid dienone is 1. The van der Waals surface area contributed by atoms with Crippen LogP contribution in [0.15, 0.2) is 61.9 Å². The molecule has 0 amide bonds. The summed E-state index contributed by atoms with van der Waals surface area (Å²) in [5.41, 5.74) is 1.80. The second kappa shape index (κ2) is 10.1. The molecule has 1 aliphatic rings. The number of carbonyl (C=O) groups is 1. The zero-order chi connectivity index (χ0) is 25.3. The van der Waals surface area contributed by atoms with Gasteiger partial charge in [0.2, 0.25) is 0 Å². The number of carbonyl (C=O) groups excluding carboxylic acids is 1. The highest BCUT2D eigenvalue weighted by Crippen LogP contribution is 2.40. The van der Waals surface area contributed by atoms with Crippen LogP contribution in [0.3, 0.4) is 0 Å². The molecule has 1 atom stereocenters. The van der Waals surface area contributed by atoms with Crippen molar-refractivity contribution in [3.05, 3.63) is 83.0 Å². The zero-order valence-corrected chi connectivity index (χ0v) is 21.9. The summed E-state index contributed by atoms with van der Waals surface area (Å²) in [6, 6.07) is 9.20. The number of hydrogen-bond acceptors (Lipinski definition) is 8. The Labute approximate surface area is 213 Å². The van der Waals surface area contributed by atoms with E-state index in [1.165, 1.54) is 30.1 Å². The highest BCUT2D eigenvalue weighted by molar-refractivity contribution is 9.10. The van der Waals surface area contributed by atoms with Crippen LogP contribution in [0.1, 0.15) is 31.0 Å². The Morgan fingerprint density at radius 1 is 1.20 bits per heavy atom. The third-order valence-corrected chi connectivity index (χ3v) is 7.18. The van der Waals surface area contributed by atoms with Crippen molar-refractivity contribution in [1.29, 1.82) is 0 Å². The van der Waals surface area contributed by atoms with Crippen molar-refractivity contribution < 1.29 is 24.1 Å². The minimum Gasteiger partial charge on any atom is -0.508 e. The van der Waals surface area contributed by atoms with Crippen molar-refractivity contribution in [2.45, 2.75) is 19.9 Å². The fourth-order valence-corrected chi connectivity index (χ4v) is 5.47. The van der Waals surface area contributed by atoms with Crippen molar-refractivity contribution >= 4 is 39.3 Å². The van der Waals surface area contributed by atoms with Gasteiger partial charge in [-0.15, -0.1) is 0 Å². The molecule has 0 fully saturated rings. The summed E-state index contributed by atoms with van der Waals surface area (Å²) in [5, 5.41) is 9.57. The Bertz CT molecular complexity index is 1500. The van der Waals surface area contributed by atoms with Gasteiger partial charge in [-0.25, -0.2) is 9.79 Å². The van der Waals surface area contributed by atoms with Gasteiger partial charge in [0.05, 0.1) is 42.7 Å². The number of fused-ring (bicyclic) bond motifs is 1. The van der Waals surface area contributed by atoms with E-state index in [-0.39, 0.29) is 23.5 Å². The maximum atomic E-state index is 13.7. The van der Waals surface area contributed by atoms with Crippen molar-refractivity contribution in [3.63, 3.8) is 0 Å². The lowest BCUT2D eigenvalue weighted by Gasteiger charge is -2.26. The fraction of sp³-hybridized carbons (Fsp3) is 0.240. The van der Waals surface area contributed by atoms with E-state index in [1.807, 2.05) is 0 Å². The number of aromatic hydroxyl groups is 1. The first-order valence-corrected chi connectivity index (χ1v) is 12.3. The Hall–Kier alpha value is -3.37. The van der Waals surface area contributed by atoms with Crippen LogP contribution in [0.2, 0.25) is 0 Å². The molecule has 2 heterocycles. The molecule has 0 spiro atoms. The highest BCUT2D eigenvalue weighted by atomic mass is 79.9. The first kappa shape index (κ1) is 24.7. The quantitative estimate of drug-likeness (QED) is 0.466. The van der Waals surface area contributed by atoms with Crippen LogP contribution < -0.4 is 24.4 Å². The number of halogens is 1. The Kier molecular flexibility index (Phi) is 7.13. The van der Waals surface area contributed by atoms with Crippen LogP contribution in [0.5, 0.6) is 17.2 Å². The number of methoxy groups -OCH3 is 2. The van der Waals surface area contributed by atoms with E-state index in [0.29, 0.717) is 36.6 Å². The van der Waals surface area contributed by atoms with Gasteiger partial charge in [0, 0.05) is 4.47 Å². The number of rotatable bonds is 6. The van der Waals surface area contributed by atoms with Crippen molar-refractivity contribution in [3.8, 4) is 17.2 Å². The molecule has 3 aromatic rings. The summed E-state index contributed by atoms with van der Waals surface area (Å²) >= 11 is 4.80. The van der Waals surface area contributed by atoms with Crippen LogP contribution in [-0.4, -0.2) is 36.5 Å². The number of aromatic nitrogens is 1. The summed E-state index contributed by atoms with van der Waals surface area (Å²) in [6.45, 7) is 3.63. The monoisotopic (exact) mass is 558 g/mol. The number of phenolic OH excluding ortho intramolecular Hbond substituents is 1. The summed E-state index contributed by atoms with van der Waals surface area (Å²) in [4.78, 5) is 31.8. The number of ether oxygens (including phenoxy) is 3. The van der Waals surface area contributed by atoms with Gasteiger partial charge in [0.25, 0.3) is 5.56 Å². The van der Waals surface area contributed by atoms with Gasteiger partial charge >= 0.3 is 5.97 Å². The molecule has 8 nitrogen and oxygen atoms in total. The predicted octanol–water partition coefficient (Wildman–Crippen LogP) is 3.28. The lowest BCUT2D eigenvalue weighted by Crippen LogP contribution is -2.40. The predicted molar refractivity (Wildman–Crippen MR) is 136 cm³/mol. The Morgan fingerprint density at radius 2 is 1.86 bits per heavy atom. The van der Waals surface area contributed by atoms with E-state index in [2.05, 4.69) is 20.9 Å². The molecule has 0 radical (unpaired) electrons. The minimum absolute atomic E-state index is 0.136. The average molecular weight is 559 g/mol. The third kappa shape index (κ3) is 4.63. The molecular formula is C25H23BrN2O6S. The number of thiazole rings is 1. The molecule has 182 valence electrons. The average Bonchev–Trinajstić information content (AvgIpc) is 3.14. The van der Waals surface area contributed by atoms with Gasteiger partial charge in [-0.1, -0.05) is 39.4 Å². The topological polar surface area (TPSA) is 99.4 Å². The standard InChI is InChI=1S/C25H23BrN2O6S/c1-5-34-24(31)21-13(2)27-25-28(22(21)16-11-18(32-3)19(33-4)12-17(16)26)23(30)20(35-25)10-14-6-8-15(29)9-7-14/h6-12,22,29H,5H2,1-4H3/b20-10+/t22-/m0/s1. The summed E-state index contributed by atoms with van der Waals surface area (Å²) in [6.07, 6.45) is 1.73. The van der Waals surface area contributed by atoms with Gasteiger partial charge in [0.15, 0.2) is 16.3 Å². The smallest absolute Gasteiger partial charge is 0.338 e. The minimum atomic E-state index is -0.804. The maximum Gasteiger partial charge on any atom is 0.338 e. The molecule has 0 aliphatic carbocycles. The van der Waals surface area contributed by atoms with E-state index in [1.54, 1.807) is 56.3 Å². The molecule has 35 heavy (non-hydrogen) atoms. The molecule has 4 rings (SSSR count). The summed E-state index contributed by atoms with van der Waals surface area (Å²) in [5.74, 6) is 0.542.